The van der Waals surface area contributed by atoms with Gasteiger partial charge in [-0.2, -0.15) is 4.31 Å². The SMILES string of the molecule is Cc1nc2c(c(=O)[nH]1)CCN(S(=O)(=O)c1ccc(-c3ccon3)s1)C2. The van der Waals surface area contributed by atoms with Crippen molar-refractivity contribution in [2.45, 2.75) is 24.1 Å². The summed E-state index contributed by atoms with van der Waals surface area (Å²) in [5.41, 5.74) is 1.49. The summed E-state index contributed by atoms with van der Waals surface area (Å²) in [6, 6.07) is 4.95. The lowest BCUT2D eigenvalue weighted by atomic mass is 10.1. The van der Waals surface area contributed by atoms with Gasteiger partial charge in [-0.05, 0) is 25.5 Å². The summed E-state index contributed by atoms with van der Waals surface area (Å²) in [6.45, 7) is 2.03. The van der Waals surface area contributed by atoms with Crippen LogP contribution in [0.1, 0.15) is 17.1 Å². The number of hydrogen-bond donors (Lipinski definition) is 1. The first-order valence-corrected chi connectivity index (χ1v) is 9.80. The summed E-state index contributed by atoms with van der Waals surface area (Å²) >= 11 is 1.14. The molecule has 1 aliphatic rings. The summed E-state index contributed by atoms with van der Waals surface area (Å²) in [4.78, 5) is 19.6. The Hall–Kier alpha value is -2.30. The van der Waals surface area contributed by atoms with Crippen molar-refractivity contribution in [3.05, 3.63) is 51.9 Å². The fourth-order valence-electron chi connectivity index (χ4n) is 2.81. The van der Waals surface area contributed by atoms with Crippen molar-refractivity contribution >= 4 is 21.4 Å². The van der Waals surface area contributed by atoms with Crippen LogP contribution in [0.25, 0.3) is 10.6 Å². The van der Waals surface area contributed by atoms with Gasteiger partial charge in [0.15, 0.2) is 0 Å². The van der Waals surface area contributed by atoms with E-state index in [-0.39, 0.29) is 22.9 Å². The Morgan fingerprint density at radius 1 is 1.32 bits per heavy atom. The molecule has 1 aliphatic heterocycles. The molecule has 4 rings (SSSR count). The lowest BCUT2D eigenvalue weighted by molar-refractivity contribution is 0.384. The van der Waals surface area contributed by atoms with Crippen LogP contribution in [0.2, 0.25) is 0 Å². The Morgan fingerprint density at radius 3 is 2.92 bits per heavy atom. The minimum Gasteiger partial charge on any atom is -0.364 e. The predicted molar refractivity (Wildman–Crippen MR) is 90.7 cm³/mol. The van der Waals surface area contributed by atoms with Crippen LogP contribution in [0.5, 0.6) is 0 Å². The van der Waals surface area contributed by atoms with Crippen LogP contribution in [0, 0.1) is 6.92 Å². The topological polar surface area (TPSA) is 109 Å². The molecule has 0 bridgehead atoms. The second-order valence-electron chi connectivity index (χ2n) is 5.67. The molecule has 0 amide bonds. The van der Waals surface area contributed by atoms with Crippen LogP contribution in [0.15, 0.2) is 38.0 Å². The highest BCUT2D eigenvalue weighted by molar-refractivity contribution is 7.91. The maximum Gasteiger partial charge on any atom is 0.254 e. The highest BCUT2D eigenvalue weighted by Crippen LogP contribution is 2.32. The number of aromatic amines is 1. The zero-order valence-corrected chi connectivity index (χ0v) is 14.9. The fourth-order valence-corrected chi connectivity index (χ4v) is 5.63. The molecule has 0 aromatic carbocycles. The van der Waals surface area contributed by atoms with Gasteiger partial charge in [-0.15, -0.1) is 11.3 Å². The zero-order valence-electron chi connectivity index (χ0n) is 13.2. The molecule has 4 heterocycles. The standard InChI is InChI=1S/C15H14N4O4S2/c1-9-16-12-8-19(6-4-10(12)15(20)17-9)25(21,22)14-3-2-13(24-14)11-5-7-23-18-11/h2-3,5,7H,4,6,8H2,1H3,(H,16,17,20). The molecule has 0 saturated heterocycles. The number of rotatable bonds is 3. The maximum absolute atomic E-state index is 12.9. The van der Waals surface area contributed by atoms with Gasteiger partial charge < -0.3 is 9.51 Å². The van der Waals surface area contributed by atoms with E-state index in [1.807, 2.05) is 0 Å². The number of aromatic nitrogens is 3. The molecule has 0 fully saturated rings. The van der Waals surface area contributed by atoms with Gasteiger partial charge in [0.25, 0.3) is 15.6 Å². The smallest absolute Gasteiger partial charge is 0.254 e. The normalized spacial score (nSPS) is 15.2. The van der Waals surface area contributed by atoms with Crippen molar-refractivity contribution in [3.63, 3.8) is 0 Å². The molecule has 1 N–H and O–H groups in total. The quantitative estimate of drug-likeness (QED) is 0.740. The van der Waals surface area contributed by atoms with Crippen LogP contribution in [-0.2, 0) is 23.0 Å². The molecule has 0 saturated carbocycles. The van der Waals surface area contributed by atoms with Crippen molar-refractivity contribution < 1.29 is 12.9 Å². The summed E-state index contributed by atoms with van der Waals surface area (Å²) in [7, 11) is -3.66. The average molecular weight is 378 g/mol. The second-order valence-corrected chi connectivity index (χ2v) is 8.92. The average Bonchev–Trinajstić information content (AvgIpc) is 3.25. The second kappa shape index (κ2) is 5.90. The zero-order chi connectivity index (χ0) is 17.6. The van der Waals surface area contributed by atoms with Crippen LogP contribution in [-0.4, -0.2) is 34.4 Å². The summed E-state index contributed by atoms with van der Waals surface area (Å²) in [5, 5.41) is 3.82. The van der Waals surface area contributed by atoms with Gasteiger partial charge in [0.05, 0.1) is 17.1 Å². The molecule has 0 atom stereocenters. The molecular weight excluding hydrogens is 364 g/mol. The van der Waals surface area contributed by atoms with Crippen LogP contribution >= 0.6 is 11.3 Å². The van der Waals surface area contributed by atoms with Gasteiger partial charge in [-0.25, -0.2) is 13.4 Å². The van der Waals surface area contributed by atoms with Crippen LogP contribution in [0.3, 0.4) is 0 Å². The molecule has 8 nitrogen and oxygen atoms in total. The van der Waals surface area contributed by atoms with Crippen LogP contribution in [0.4, 0.5) is 0 Å². The molecule has 3 aromatic heterocycles. The molecule has 0 aliphatic carbocycles. The van der Waals surface area contributed by atoms with Gasteiger partial charge >= 0.3 is 0 Å². The molecular formula is C15H14N4O4S2. The van der Waals surface area contributed by atoms with Crippen molar-refractivity contribution in [1.29, 1.82) is 0 Å². The Labute approximate surface area is 147 Å². The molecule has 0 unspecified atom stereocenters. The van der Waals surface area contributed by atoms with E-state index < -0.39 is 10.0 Å². The summed E-state index contributed by atoms with van der Waals surface area (Å²) in [5.74, 6) is 0.479. The number of fused-ring (bicyclic) bond motifs is 1. The van der Waals surface area contributed by atoms with E-state index in [1.165, 1.54) is 10.6 Å². The number of hydrogen-bond acceptors (Lipinski definition) is 7. The van der Waals surface area contributed by atoms with Gasteiger partial charge in [0, 0.05) is 18.2 Å². The number of nitrogens with one attached hydrogen (secondary N) is 1. The van der Waals surface area contributed by atoms with E-state index in [9.17, 15) is 13.2 Å². The Morgan fingerprint density at radius 2 is 2.16 bits per heavy atom. The number of sulfonamides is 1. The number of thiophene rings is 1. The molecule has 25 heavy (non-hydrogen) atoms. The highest BCUT2D eigenvalue weighted by Gasteiger charge is 2.31. The first kappa shape index (κ1) is 16.2. The van der Waals surface area contributed by atoms with E-state index >= 15 is 0 Å². The van der Waals surface area contributed by atoms with Crippen molar-refractivity contribution in [3.8, 4) is 10.6 Å². The van der Waals surface area contributed by atoms with E-state index in [2.05, 4.69) is 15.1 Å². The first-order valence-electron chi connectivity index (χ1n) is 7.54. The van der Waals surface area contributed by atoms with Crippen molar-refractivity contribution in [1.82, 2.24) is 19.4 Å². The molecule has 3 aromatic rings. The molecule has 0 spiro atoms. The Kier molecular flexibility index (Phi) is 3.82. The Balaban J connectivity index is 1.66. The predicted octanol–water partition coefficient (Wildman–Crippen LogP) is 1.54. The minimum absolute atomic E-state index is 0.0968. The van der Waals surface area contributed by atoms with E-state index in [0.717, 1.165) is 16.2 Å². The molecule has 10 heteroatoms. The fraction of sp³-hybridized carbons (Fsp3) is 0.267. The molecule has 0 radical (unpaired) electrons. The van der Waals surface area contributed by atoms with E-state index in [1.54, 1.807) is 25.1 Å². The third kappa shape index (κ3) is 2.81. The number of aryl methyl sites for hydroxylation is 1. The largest absolute Gasteiger partial charge is 0.364 e. The number of nitrogens with zero attached hydrogens (tertiary/aromatic N) is 3. The van der Waals surface area contributed by atoms with Gasteiger partial charge in [0.1, 0.15) is 22.0 Å². The maximum atomic E-state index is 12.9. The third-order valence-corrected chi connectivity index (χ3v) is 7.44. The van der Waals surface area contributed by atoms with Crippen LogP contribution < -0.4 is 5.56 Å². The summed E-state index contributed by atoms with van der Waals surface area (Å²) in [6.07, 6.45) is 1.79. The minimum atomic E-state index is -3.66. The van der Waals surface area contributed by atoms with E-state index in [0.29, 0.717) is 29.2 Å². The number of H-pyrrole nitrogens is 1. The van der Waals surface area contributed by atoms with E-state index in [4.69, 9.17) is 4.52 Å². The first-order chi connectivity index (χ1) is 11.9. The van der Waals surface area contributed by atoms with Gasteiger partial charge in [0.2, 0.25) is 0 Å². The lowest BCUT2D eigenvalue weighted by Crippen LogP contribution is -2.39. The molecule has 130 valence electrons. The van der Waals surface area contributed by atoms with Crippen molar-refractivity contribution in [2.75, 3.05) is 6.54 Å². The monoisotopic (exact) mass is 378 g/mol. The third-order valence-electron chi connectivity index (χ3n) is 4.02. The Bertz CT molecular complexity index is 1080. The van der Waals surface area contributed by atoms with Crippen molar-refractivity contribution in [2.24, 2.45) is 0 Å². The van der Waals surface area contributed by atoms with Gasteiger partial charge in [-0.3, -0.25) is 4.79 Å². The lowest BCUT2D eigenvalue weighted by Gasteiger charge is -2.26. The highest BCUT2D eigenvalue weighted by atomic mass is 32.2. The summed E-state index contributed by atoms with van der Waals surface area (Å²) < 4.78 is 32.2. The van der Waals surface area contributed by atoms with Gasteiger partial charge in [-0.1, -0.05) is 5.16 Å².